The van der Waals surface area contributed by atoms with Crippen LogP contribution in [-0.2, 0) is 7.05 Å². The van der Waals surface area contributed by atoms with Crippen molar-refractivity contribution in [2.24, 2.45) is 7.05 Å². The fourth-order valence-corrected chi connectivity index (χ4v) is 2.08. The molecule has 0 unspecified atom stereocenters. The van der Waals surface area contributed by atoms with Crippen LogP contribution in [0.3, 0.4) is 0 Å². The molecule has 2 aromatic rings. The van der Waals surface area contributed by atoms with Gasteiger partial charge in [0.25, 0.3) is 0 Å². The Bertz CT molecular complexity index is 629. The topological polar surface area (TPSA) is 34.9 Å². The van der Waals surface area contributed by atoms with Crippen molar-refractivity contribution in [1.29, 1.82) is 0 Å². The molecule has 0 saturated heterocycles. The molecule has 0 atom stereocenters. The third kappa shape index (κ3) is 1.94. The molecule has 0 fully saturated rings. The molecule has 0 spiro atoms. The Hall–Kier alpha value is -1.97. The third-order valence-electron chi connectivity index (χ3n) is 3.18. The lowest BCUT2D eigenvalue weighted by Crippen LogP contribution is -2.07. The summed E-state index contributed by atoms with van der Waals surface area (Å²) in [4.78, 5) is 12.5. The van der Waals surface area contributed by atoms with E-state index in [0.29, 0.717) is 16.8 Å². The van der Waals surface area contributed by atoms with Gasteiger partial charge in [0.2, 0.25) is 0 Å². The molecular formula is C14H15FN2O. The van der Waals surface area contributed by atoms with Crippen LogP contribution >= 0.6 is 0 Å². The van der Waals surface area contributed by atoms with Crippen LogP contribution in [0.15, 0.2) is 18.2 Å². The van der Waals surface area contributed by atoms with Gasteiger partial charge in [-0.2, -0.15) is 5.10 Å². The van der Waals surface area contributed by atoms with E-state index >= 15 is 0 Å². The summed E-state index contributed by atoms with van der Waals surface area (Å²) in [6.07, 6.45) is 0. The van der Waals surface area contributed by atoms with Crippen LogP contribution in [0.4, 0.5) is 4.39 Å². The van der Waals surface area contributed by atoms with E-state index in [4.69, 9.17) is 0 Å². The second-order valence-corrected chi connectivity index (χ2v) is 4.46. The molecule has 0 bridgehead atoms. The highest BCUT2D eigenvalue weighted by Crippen LogP contribution is 2.20. The summed E-state index contributed by atoms with van der Waals surface area (Å²) < 4.78 is 14.9. The smallest absolute Gasteiger partial charge is 0.197 e. The van der Waals surface area contributed by atoms with E-state index in [1.807, 2.05) is 6.92 Å². The standard InChI is InChI=1S/C14H15FN2O/c1-8-5-6-11(15)7-12(8)14(18)13-9(2)16-17(4)10(13)3/h5-7H,1-4H3. The van der Waals surface area contributed by atoms with Crippen LogP contribution in [0.1, 0.15) is 32.9 Å². The van der Waals surface area contributed by atoms with Gasteiger partial charge in [-0.15, -0.1) is 0 Å². The molecule has 0 N–H and O–H groups in total. The van der Waals surface area contributed by atoms with E-state index in [0.717, 1.165) is 11.3 Å². The Kier molecular flexibility index (Phi) is 3.03. The monoisotopic (exact) mass is 246 g/mol. The van der Waals surface area contributed by atoms with Crippen molar-refractivity contribution in [3.05, 3.63) is 52.1 Å². The lowest BCUT2D eigenvalue weighted by molar-refractivity contribution is 0.103. The first-order chi connectivity index (χ1) is 8.41. The molecule has 0 aliphatic heterocycles. The van der Waals surface area contributed by atoms with Gasteiger partial charge in [-0.25, -0.2) is 4.39 Å². The molecule has 0 radical (unpaired) electrons. The zero-order valence-corrected chi connectivity index (χ0v) is 10.9. The number of carbonyl (C=O) groups is 1. The quantitative estimate of drug-likeness (QED) is 0.764. The van der Waals surface area contributed by atoms with Gasteiger partial charge >= 0.3 is 0 Å². The number of ketones is 1. The van der Waals surface area contributed by atoms with Gasteiger partial charge in [-0.1, -0.05) is 6.07 Å². The zero-order valence-electron chi connectivity index (χ0n) is 10.9. The lowest BCUT2D eigenvalue weighted by Gasteiger charge is -2.05. The van der Waals surface area contributed by atoms with Crippen LogP contribution in [-0.4, -0.2) is 15.6 Å². The van der Waals surface area contributed by atoms with Gasteiger partial charge in [0, 0.05) is 18.3 Å². The van der Waals surface area contributed by atoms with E-state index in [1.165, 1.54) is 12.1 Å². The molecule has 1 aromatic carbocycles. The van der Waals surface area contributed by atoms with E-state index in [2.05, 4.69) is 5.10 Å². The second-order valence-electron chi connectivity index (χ2n) is 4.46. The van der Waals surface area contributed by atoms with Gasteiger partial charge in [0.1, 0.15) is 5.82 Å². The summed E-state index contributed by atoms with van der Waals surface area (Å²) in [5.74, 6) is -0.571. The predicted molar refractivity (Wildman–Crippen MR) is 67.3 cm³/mol. The van der Waals surface area contributed by atoms with Crippen molar-refractivity contribution in [2.45, 2.75) is 20.8 Å². The highest BCUT2D eigenvalue weighted by molar-refractivity contribution is 6.11. The van der Waals surface area contributed by atoms with Crippen LogP contribution in [0, 0.1) is 26.6 Å². The maximum atomic E-state index is 13.3. The van der Waals surface area contributed by atoms with Crippen LogP contribution in [0.2, 0.25) is 0 Å². The molecule has 0 aliphatic carbocycles. The molecular weight excluding hydrogens is 231 g/mol. The molecule has 94 valence electrons. The Morgan fingerprint density at radius 2 is 1.94 bits per heavy atom. The summed E-state index contributed by atoms with van der Waals surface area (Å²) in [6, 6.07) is 4.25. The van der Waals surface area contributed by atoms with Crippen molar-refractivity contribution in [3.8, 4) is 0 Å². The van der Waals surface area contributed by atoms with E-state index in [1.54, 1.807) is 31.6 Å². The highest BCUT2D eigenvalue weighted by Gasteiger charge is 2.20. The first-order valence-corrected chi connectivity index (χ1v) is 5.73. The van der Waals surface area contributed by atoms with Gasteiger partial charge < -0.3 is 0 Å². The maximum absolute atomic E-state index is 13.3. The molecule has 1 heterocycles. The van der Waals surface area contributed by atoms with Gasteiger partial charge in [-0.05, 0) is 38.5 Å². The van der Waals surface area contributed by atoms with Crippen molar-refractivity contribution >= 4 is 5.78 Å². The Labute approximate surface area is 105 Å². The summed E-state index contributed by atoms with van der Waals surface area (Å²) in [5, 5.41) is 4.21. The minimum Gasteiger partial charge on any atom is -0.288 e. The van der Waals surface area contributed by atoms with E-state index < -0.39 is 5.82 Å². The normalized spacial score (nSPS) is 10.7. The largest absolute Gasteiger partial charge is 0.288 e. The SMILES string of the molecule is Cc1ccc(F)cc1C(=O)c1c(C)nn(C)c1C. The van der Waals surface area contributed by atoms with Crippen molar-refractivity contribution in [3.63, 3.8) is 0 Å². The molecule has 1 aromatic heterocycles. The zero-order chi connectivity index (χ0) is 13.4. The Morgan fingerprint density at radius 1 is 1.28 bits per heavy atom. The van der Waals surface area contributed by atoms with Crippen molar-refractivity contribution in [2.75, 3.05) is 0 Å². The average molecular weight is 246 g/mol. The van der Waals surface area contributed by atoms with Crippen LogP contribution in [0.5, 0.6) is 0 Å². The van der Waals surface area contributed by atoms with E-state index in [9.17, 15) is 9.18 Å². The maximum Gasteiger partial charge on any atom is 0.197 e. The second kappa shape index (κ2) is 4.37. The van der Waals surface area contributed by atoms with Gasteiger partial charge in [0.05, 0.1) is 11.3 Å². The number of carbonyl (C=O) groups excluding carboxylic acids is 1. The van der Waals surface area contributed by atoms with Crippen LogP contribution in [0.25, 0.3) is 0 Å². The molecule has 0 amide bonds. The predicted octanol–water partition coefficient (Wildman–Crippen LogP) is 2.72. The molecule has 0 saturated carbocycles. The van der Waals surface area contributed by atoms with Crippen molar-refractivity contribution < 1.29 is 9.18 Å². The fraction of sp³-hybridized carbons (Fsp3) is 0.286. The summed E-state index contributed by atoms with van der Waals surface area (Å²) in [6.45, 7) is 5.42. The molecule has 3 nitrogen and oxygen atoms in total. The van der Waals surface area contributed by atoms with E-state index in [-0.39, 0.29) is 5.78 Å². The summed E-state index contributed by atoms with van der Waals surface area (Å²) in [7, 11) is 1.79. The molecule has 0 aliphatic rings. The Balaban J connectivity index is 2.58. The molecule has 18 heavy (non-hydrogen) atoms. The number of rotatable bonds is 2. The first kappa shape index (κ1) is 12.5. The van der Waals surface area contributed by atoms with Crippen LogP contribution < -0.4 is 0 Å². The Morgan fingerprint density at radius 3 is 2.50 bits per heavy atom. The fourth-order valence-electron chi connectivity index (χ4n) is 2.08. The van der Waals surface area contributed by atoms with Gasteiger partial charge in [-0.3, -0.25) is 9.48 Å². The average Bonchev–Trinajstić information content (AvgIpc) is 2.56. The third-order valence-corrected chi connectivity index (χ3v) is 3.18. The number of benzene rings is 1. The number of hydrogen-bond donors (Lipinski definition) is 0. The summed E-state index contributed by atoms with van der Waals surface area (Å²) in [5.41, 5.74) is 3.19. The number of aromatic nitrogens is 2. The highest BCUT2D eigenvalue weighted by atomic mass is 19.1. The summed E-state index contributed by atoms with van der Waals surface area (Å²) >= 11 is 0. The number of aryl methyl sites for hydroxylation is 3. The minimum absolute atomic E-state index is 0.171. The number of hydrogen-bond acceptors (Lipinski definition) is 2. The molecule has 4 heteroatoms. The lowest BCUT2D eigenvalue weighted by atomic mass is 9.98. The number of halogens is 1. The number of nitrogens with zero attached hydrogens (tertiary/aromatic N) is 2. The van der Waals surface area contributed by atoms with Crippen molar-refractivity contribution in [1.82, 2.24) is 9.78 Å². The minimum atomic E-state index is -0.400. The first-order valence-electron chi connectivity index (χ1n) is 5.73. The molecule has 2 rings (SSSR count). The van der Waals surface area contributed by atoms with Gasteiger partial charge in [0.15, 0.2) is 5.78 Å².